The van der Waals surface area contributed by atoms with Crippen molar-refractivity contribution in [1.29, 1.82) is 0 Å². The van der Waals surface area contributed by atoms with Crippen LogP contribution in [0.3, 0.4) is 0 Å². The molecule has 2 aromatic rings. The molecule has 1 nitrogen and oxygen atoms in total. The summed E-state index contributed by atoms with van der Waals surface area (Å²) in [6, 6.07) is 8.79. The third-order valence-corrected chi connectivity index (χ3v) is 7.03. The highest BCUT2D eigenvalue weighted by Gasteiger charge is 2.28. The molecule has 0 aliphatic heterocycles. The van der Waals surface area contributed by atoms with E-state index in [1.807, 2.05) is 22.7 Å². The zero-order valence-electron chi connectivity index (χ0n) is 14.7. The van der Waals surface area contributed by atoms with Crippen molar-refractivity contribution in [1.82, 2.24) is 0 Å². The Morgan fingerprint density at radius 1 is 0.720 bits per heavy atom. The van der Waals surface area contributed by atoms with Crippen molar-refractivity contribution >= 4 is 22.7 Å². The first kappa shape index (κ1) is 17.3. The van der Waals surface area contributed by atoms with Gasteiger partial charge in [-0.2, -0.15) is 0 Å². The molecular weight excluding hydrogens is 344 g/mol. The van der Waals surface area contributed by atoms with Crippen LogP contribution >= 0.6 is 22.7 Å². The summed E-state index contributed by atoms with van der Waals surface area (Å²) >= 11 is 3.66. The molecule has 2 aliphatic rings. The third-order valence-electron chi connectivity index (χ3n) is 5.20. The molecule has 2 heterocycles. The summed E-state index contributed by atoms with van der Waals surface area (Å²) in [5.41, 5.74) is 2.98. The molecule has 0 spiro atoms. The maximum atomic E-state index is 6.90. The molecule has 4 rings (SSSR count). The fraction of sp³-hybridized carbons (Fsp3) is 0.455. The summed E-state index contributed by atoms with van der Waals surface area (Å²) in [6.07, 6.45) is 15.1. The topological polar surface area (TPSA) is 9.23 Å². The Hall–Kier alpha value is -1.16. The van der Waals surface area contributed by atoms with Gasteiger partial charge < -0.3 is 4.74 Å². The van der Waals surface area contributed by atoms with Gasteiger partial charge in [-0.15, -0.1) is 22.7 Å². The molecule has 0 saturated heterocycles. The molecule has 0 bridgehead atoms. The van der Waals surface area contributed by atoms with E-state index in [2.05, 4.69) is 47.2 Å². The third kappa shape index (κ3) is 4.16. The van der Waals surface area contributed by atoms with Gasteiger partial charge in [0.15, 0.2) is 0 Å². The second-order valence-electron chi connectivity index (χ2n) is 6.98. The van der Waals surface area contributed by atoms with E-state index in [1.165, 1.54) is 72.3 Å². The van der Waals surface area contributed by atoms with E-state index in [0.29, 0.717) is 0 Å². The van der Waals surface area contributed by atoms with Crippen LogP contribution in [-0.4, -0.2) is 0 Å². The van der Waals surface area contributed by atoms with Gasteiger partial charge in [0, 0.05) is 9.75 Å². The van der Waals surface area contributed by atoms with E-state index in [4.69, 9.17) is 4.74 Å². The van der Waals surface area contributed by atoms with E-state index >= 15 is 0 Å². The Morgan fingerprint density at radius 2 is 1.24 bits per heavy atom. The maximum Gasteiger partial charge on any atom is 0.114 e. The van der Waals surface area contributed by atoms with Crippen LogP contribution in [0.15, 0.2) is 58.3 Å². The van der Waals surface area contributed by atoms with Gasteiger partial charge >= 0.3 is 0 Å². The normalized spacial score (nSPS) is 20.6. The second-order valence-corrected chi connectivity index (χ2v) is 8.94. The fourth-order valence-electron chi connectivity index (χ4n) is 3.89. The highest BCUT2D eigenvalue weighted by molar-refractivity contribution is 7.10. The van der Waals surface area contributed by atoms with Crippen LogP contribution < -0.4 is 0 Å². The minimum atomic E-state index is 0.121. The Balaban J connectivity index is 1.65. The molecule has 0 fully saturated rings. The molecule has 0 radical (unpaired) electrons. The van der Waals surface area contributed by atoms with Crippen molar-refractivity contribution in [2.45, 2.75) is 63.6 Å². The predicted octanol–water partition coefficient (Wildman–Crippen LogP) is 7.61. The maximum absolute atomic E-state index is 6.90. The Morgan fingerprint density at radius 3 is 1.60 bits per heavy atom. The zero-order chi connectivity index (χ0) is 16.9. The summed E-state index contributed by atoms with van der Waals surface area (Å²) in [6.45, 7) is 0. The fourth-order valence-corrected chi connectivity index (χ4v) is 5.50. The summed E-state index contributed by atoms with van der Waals surface area (Å²) in [5, 5.41) is 4.35. The van der Waals surface area contributed by atoms with E-state index < -0.39 is 0 Å². The highest BCUT2D eigenvalue weighted by atomic mass is 32.1. The number of thiophene rings is 2. The molecule has 2 atom stereocenters. The van der Waals surface area contributed by atoms with Crippen LogP contribution in [0.25, 0.3) is 0 Å². The van der Waals surface area contributed by atoms with Crippen molar-refractivity contribution in [3.63, 3.8) is 0 Å². The van der Waals surface area contributed by atoms with Crippen LogP contribution in [0.1, 0.15) is 73.3 Å². The lowest BCUT2D eigenvalue weighted by Gasteiger charge is -2.30. The van der Waals surface area contributed by atoms with E-state index in [-0.39, 0.29) is 12.2 Å². The van der Waals surface area contributed by atoms with Gasteiger partial charge in [0.05, 0.1) is 0 Å². The molecule has 132 valence electrons. The largest absolute Gasteiger partial charge is 0.355 e. The summed E-state index contributed by atoms with van der Waals surface area (Å²) < 4.78 is 6.90. The average Bonchev–Trinajstić information content (AvgIpc) is 3.38. The molecule has 3 heteroatoms. The van der Waals surface area contributed by atoms with E-state index in [1.54, 1.807) is 0 Å². The highest BCUT2D eigenvalue weighted by Crippen LogP contribution is 2.43. The van der Waals surface area contributed by atoms with Crippen molar-refractivity contribution < 1.29 is 4.74 Å². The number of allylic oxidation sites excluding steroid dienone is 2. The zero-order valence-corrected chi connectivity index (χ0v) is 16.3. The van der Waals surface area contributed by atoms with Crippen LogP contribution in [0.4, 0.5) is 0 Å². The number of hydrogen-bond donors (Lipinski definition) is 0. The van der Waals surface area contributed by atoms with Gasteiger partial charge in [0.2, 0.25) is 0 Å². The molecule has 25 heavy (non-hydrogen) atoms. The lowest BCUT2D eigenvalue weighted by Crippen LogP contribution is -2.15. The number of hydrogen-bond acceptors (Lipinski definition) is 3. The summed E-state index contributed by atoms with van der Waals surface area (Å²) in [4.78, 5) is 2.71. The van der Waals surface area contributed by atoms with Gasteiger partial charge in [-0.3, -0.25) is 0 Å². The Labute approximate surface area is 159 Å². The smallest absolute Gasteiger partial charge is 0.114 e. The van der Waals surface area contributed by atoms with Crippen molar-refractivity contribution in [3.8, 4) is 0 Å². The predicted molar refractivity (Wildman–Crippen MR) is 108 cm³/mol. The lowest BCUT2D eigenvalue weighted by atomic mass is 9.92. The van der Waals surface area contributed by atoms with Gasteiger partial charge in [0.1, 0.15) is 12.2 Å². The Bertz CT molecular complexity index is 647. The van der Waals surface area contributed by atoms with Gasteiger partial charge in [-0.1, -0.05) is 24.3 Å². The molecule has 0 amide bonds. The van der Waals surface area contributed by atoms with Crippen molar-refractivity contribution in [3.05, 3.63) is 68.1 Å². The minimum absolute atomic E-state index is 0.121. The molecule has 2 aliphatic carbocycles. The summed E-state index contributed by atoms with van der Waals surface area (Å²) in [5.74, 6) is 0. The molecule has 2 aromatic heterocycles. The van der Waals surface area contributed by atoms with E-state index in [9.17, 15) is 0 Å². The molecule has 0 aromatic carbocycles. The van der Waals surface area contributed by atoms with Crippen molar-refractivity contribution in [2.75, 3.05) is 0 Å². The first-order valence-electron chi connectivity index (χ1n) is 9.52. The van der Waals surface area contributed by atoms with Gasteiger partial charge in [-0.25, -0.2) is 0 Å². The monoisotopic (exact) mass is 370 g/mol. The molecule has 0 N–H and O–H groups in total. The molecule has 0 saturated carbocycles. The van der Waals surface area contributed by atoms with Crippen LogP contribution in [0.5, 0.6) is 0 Å². The minimum Gasteiger partial charge on any atom is -0.355 e. The van der Waals surface area contributed by atoms with Crippen LogP contribution in [-0.2, 0) is 4.74 Å². The Kier molecular flexibility index (Phi) is 5.86. The first-order chi connectivity index (χ1) is 12.4. The van der Waals surface area contributed by atoms with Gasteiger partial charge in [0.25, 0.3) is 0 Å². The summed E-state index contributed by atoms with van der Waals surface area (Å²) in [7, 11) is 0. The average molecular weight is 371 g/mol. The SMILES string of the molecule is C1=C(C(OC(C2=CCCCC2)c2cccs2)c2cccs2)CCCC1. The lowest BCUT2D eigenvalue weighted by molar-refractivity contribution is 0.0247. The number of rotatable bonds is 6. The van der Waals surface area contributed by atoms with Gasteiger partial charge in [-0.05, 0) is 85.4 Å². The van der Waals surface area contributed by atoms with Crippen molar-refractivity contribution in [2.24, 2.45) is 0 Å². The molecule has 2 unspecified atom stereocenters. The van der Waals surface area contributed by atoms with E-state index in [0.717, 1.165) is 0 Å². The quantitative estimate of drug-likeness (QED) is 0.475. The second kappa shape index (κ2) is 8.48. The number of ether oxygens (including phenoxy) is 1. The standard InChI is InChI=1S/C22H26OS2/c1-3-9-17(10-4-1)21(19-13-7-15-24-19)23-22(20-14-8-16-25-20)18-11-5-2-6-12-18/h7-9,11,13-16,21-22H,1-6,10,12H2. The molecular formula is C22H26OS2. The van der Waals surface area contributed by atoms with Crippen LogP contribution in [0, 0.1) is 0 Å². The first-order valence-corrected chi connectivity index (χ1v) is 11.3. The van der Waals surface area contributed by atoms with Crippen LogP contribution in [0.2, 0.25) is 0 Å².